The topological polar surface area (TPSA) is 52.5 Å². The van der Waals surface area contributed by atoms with Gasteiger partial charge in [0.05, 0.1) is 0 Å². The highest BCUT2D eigenvalue weighted by Gasteiger charge is 2.15. The van der Waals surface area contributed by atoms with Gasteiger partial charge in [-0.2, -0.15) is 0 Å². The lowest BCUT2D eigenvalue weighted by Crippen LogP contribution is -2.21. The number of benzene rings is 1. The number of aryl methyl sites for hydroxylation is 1. The second-order valence-corrected chi connectivity index (χ2v) is 5.73. The molecule has 0 aliphatic carbocycles. The molecule has 0 aliphatic heterocycles. The molecule has 0 heterocycles. The summed E-state index contributed by atoms with van der Waals surface area (Å²) in [5.41, 5.74) is 2.11. The predicted molar refractivity (Wildman–Crippen MR) is 74.7 cm³/mol. The zero-order chi connectivity index (χ0) is 13.6. The Morgan fingerprint density at radius 1 is 1.28 bits per heavy atom. The first-order valence-corrected chi connectivity index (χ1v) is 6.55. The van der Waals surface area contributed by atoms with Crippen LogP contribution in [-0.4, -0.2) is 23.4 Å². The van der Waals surface area contributed by atoms with E-state index in [2.05, 4.69) is 19.2 Å². The second kappa shape index (κ2) is 6.76. The van der Waals surface area contributed by atoms with Crippen molar-refractivity contribution in [3.05, 3.63) is 29.3 Å². The fraction of sp³-hybridized carbons (Fsp3) is 0.600. The van der Waals surface area contributed by atoms with E-state index in [0.717, 1.165) is 30.5 Å². The van der Waals surface area contributed by atoms with E-state index in [9.17, 15) is 5.11 Å². The Hall–Kier alpha value is -1.06. The molecule has 18 heavy (non-hydrogen) atoms. The van der Waals surface area contributed by atoms with Crippen LogP contribution in [0.25, 0.3) is 0 Å². The highest BCUT2D eigenvalue weighted by atomic mass is 16.3. The standard InChI is InChI=1S/C15H25NO2/c1-12-5-6-14(18)13(9-12)10-16-8-4-7-15(2,3)11-17/h5-6,9,16-18H,4,7-8,10-11H2,1-3H3. The van der Waals surface area contributed by atoms with Crippen molar-refractivity contribution in [2.24, 2.45) is 5.41 Å². The maximum Gasteiger partial charge on any atom is 0.120 e. The van der Waals surface area contributed by atoms with E-state index in [1.54, 1.807) is 6.07 Å². The molecule has 0 saturated heterocycles. The molecule has 3 N–H and O–H groups in total. The smallest absolute Gasteiger partial charge is 0.120 e. The molecule has 0 atom stereocenters. The van der Waals surface area contributed by atoms with Gasteiger partial charge in [0.15, 0.2) is 0 Å². The molecule has 0 saturated carbocycles. The Labute approximate surface area is 110 Å². The molecule has 0 bridgehead atoms. The van der Waals surface area contributed by atoms with E-state index in [-0.39, 0.29) is 12.0 Å². The summed E-state index contributed by atoms with van der Waals surface area (Å²) >= 11 is 0. The van der Waals surface area contributed by atoms with Crippen molar-refractivity contribution < 1.29 is 10.2 Å². The summed E-state index contributed by atoms with van der Waals surface area (Å²) in [6.45, 7) is 7.97. The van der Waals surface area contributed by atoms with Crippen molar-refractivity contribution in [3.8, 4) is 5.75 Å². The number of nitrogens with one attached hydrogen (secondary N) is 1. The van der Waals surface area contributed by atoms with E-state index in [0.29, 0.717) is 12.3 Å². The minimum atomic E-state index is 0.00710. The zero-order valence-electron chi connectivity index (χ0n) is 11.7. The quantitative estimate of drug-likeness (QED) is 0.653. The van der Waals surface area contributed by atoms with Crippen LogP contribution in [0.15, 0.2) is 18.2 Å². The minimum Gasteiger partial charge on any atom is -0.508 e. The fourth-order valence-corrected chi connectivity index (χ4v) is 1.85. The van der Waals surface area contributed by atoms with Gasteiger partial charge in [-0.25, -0.2) is 0 Å². The summed E-state index contributed by atoms with van der Waals surface area (Å²) in [5.74, 6) is 0.351. The summed E-state index contributed by atoms with van der Waals surface area (Å²) in [7, 11) is 0. The van der Waals surface area contributed by atoms with Gasteiger partial charge in [0.2, 0.25) is 0 Å². The first-order valence-electron chi connectivity index (χ1n) is 6.55. The van der Waals surface area contributed by atoms with Crippen molar-refractivity contribution in [3.63, 3.8) is 0 Å². The Kier molecular flexibility index (Phi) is 5.63. The molecular weight excluding hydrogens is 226 g/mol. The van der Waals surface area contributed by atoms with Gasteiger partial charge in [0, 0.05) is 18.7 Å². The zero-order valence-corrected chi connectivity index (χ0v) is 11.7. The average molecular weight is 251 g/mol. The number of hydrogen-bond acceptors (Lipinski definition) is 3. The third-order valence-corrected chi connectivity index (χ3v) is 3.19. The molecule has 1 rings (SSSR count). The SMILES string of the molecule is Cc1ccc(O)c(CNCCCC(C)(C)CO)c1. The number of aliphatic hydroxyl groups is 1. The molecule has 3 heteroatoms. The van der Waals surface area contributed by atoms with Crippen molar-refractivity contribution in [1.82, 2.24) is 5.32 Å². The van der Waals surface area contributed by atoms with Crippen molar-refractivity contribution in [2.45, 2.75) is 40.2 Å². The number of aromatic hydroxyl groups is 1. The molecule has 0 spiro atoms. The van der Waals surface area contributed by atoms with Gasteiger partial charge in [0.25, 0.3) is 0 Å². The molecule has 0 aliphatic rings. The average Bonchev–Trinajstić information content (AvgIpc) is 2.33. The Balaban J connectivity index is 2.28. The van der Waals surface area contributed by atoms with Gasteiger partial charge in [-0.05, 0) is 37.8 Å². The molecule has 0 radical (unpaired) electrons. The van der Waals surface area contributed by atoms with Gasteiger partial charge in [0.1, 0.15) is 5.75 Å². The van der Waals surface area contributed by atoms with Crippen LogP contribution in [0.3, 0.4) is 0 Å². The van der Waals surface area contributed by atoms with Crippen LogP contribution in [0.2, 0.25) is 0 Å². The minimum absolute atomic E-state index is 0.00710. The Morgan fingerprint density at radius 3 is 2.67 bits per heavy atom. The van der Waals surface area contributed by atoms with Crippen LogP contribution in [0.1, 0.15) is 37.8 Å². The number of rotatable bonds is 7. The largest absolute Gasteiger partial charge is 0.508 e. The Morgan fingerprint density at radius 2 is 2.00 bits per heavy atom. The van der Waals surface area contributed by atoms with Crippen molar-refractivity contribution in [1.29, 1.82) is 0 Å². The van der Waals surface area contributed by atoms with E-state index in [1.807, 2.05) is 19.1 Å². The second-order valence-electron chi connectivity index (χ2n) is 5.73. The lowest BCUT2D eigenvalue weighted by molar-refractivity contribution is 0.148. The summed E-state index contributed by atoms with van der Waals surface area (Å²) in [6.07, 6.45) is 2.02. The first-order chi connectivity index (χ1) is 8.44. The lowest BCUT2D eigenvalue weighted by Gasteiger charge is -2.21. The van der Waals surface area contributed by atoms with Crippen molar-refractivity contribution in [2.75, 3.05) is 13.2 Å². The normalized spacial score (nSPS) is 11.8. The molecule has 0 aromatic heterocycles. The molecular formula is C15H25NO2. The monoisotopic (exact) mass is 251 g/mol. The Bertz CT molecular complexity index is 375. The highest BCUT2D eigenvalue weighted by molar-refractivity contribution is 5.35. The van der Waals surface area contributed by atoms with Crippen LogP contribution < -0.4 is 5.32 Å². The number of aliphatic hydroxyl groups excluding tert-OH is 1. The number of phenolic OH excluding ortho intramolecular Hbond substituents is 1. The van der Waals surface area contributed by atoms with Gasteiger partial charge in [-0.15, -0.1) is 0 Å². The van der Waals surface area contributed by atoms with Gasteiger partial charge < -0.3 is 15.5 Å². The van der Waals surface area contributed by atoms with Crippen LogP contribution in [0.5, 0.6) is 5.75 Å². The molecule has 1 aromatic carbocycles. The van der Waals surface area contributed by atoms with Gasteiger partial charge >= 0.3 is 0 Å². The number of phenols is 1. The van der Waals surface area contributed by atoms with E-state index >= 15 is 0 Å². The number of hydrogen-bond donors (Lipinski definition) is 3. The molecule has 1 aromatic rings. The molecule has 3 nitrogen and oxygen atoms in total. The van der Waals surface area contributed by atoms with Crippen LogP contribution >= 0.6 is 0 Å². The van der Waals surface area contributed by atoms with Crippen molar-refractivity contribution >= 4 is 0 Å². The van der Waals surface area contributed by atoms with E-state index < -0.39 is 0 Å². The summed E-state index contributed by atoms with van der Waals surface area (Å²) in [6, 6.07) is 5.64. The molecule has 0 fully saturated rings. The van der Waals surface area contributed by atoms with E-state index in [1.165, 1.54) is 0 Å². The maximum atomic E-state index is 9.69. The fourth-order valence-electron chi connectivity index (χ4n) is 1.85. The van der Waals surface area contributed by atoms with Crippen LogP contribution in [-0.2, 0) is 6.54 Å². The summed E-state index contributed by atoms with van der Waals surface area (Å²) in [4.78, 5) is 0. The van der Waals surface area contributed by atoms with Crippen LogP contribution in [0, 0.1) is 12.3 Å². The van der Waals surface area contributed by atoms with E-state index in [4.69, 9.17) is 5.11 Å². The molecule has 102 valence electrons. The first kappa shape index (κ1) is 15.0. The molecule has 0 unspecified atom stereocenters. The third-order valence-electron chi connectivity index (χ3n) is 3.19. The maximum absolute atomic E-state index is 9.69. The van der Waals surface area contributed by atoms with Crippen LogP contribution in [0.4, 0.5) is 0 Å². The lowest BCUT2D eigenvalue weighted by atomic mass is 9.89. The van der Waals surface area contributed by atoms with Gasteiger partial charge in [-0.1, -0.05) is 31.5 Å². The third kappa shape index (κ3) is 5.07. The highest BCUT2D eigenvalue weighted by Crippen LogP contribution is 2.21. The van der Waals surface area contributed by atoms with Gasteiger partial charge in [-0.3, -0.25) is 0 Å². The summed E-state index contributed by atoms with van der Waals surface area (Å²) < 4.78 is 0. The summed E-state index contributed by atoms with van der Waals surface area (Å²) in [5, 5.41) is 22.2. The predicted octanol–water partition coefficient (Wildman–Crippen LogP) is 2.59. The molecule has 0 amide bonds.